The van der Waals surface area contributed by atoms with E-state index < -0.39 is 44.1 Å². The fourth-order valence-corrected chi connectivity index (χ4v) is 6.31. The number of ether oxygens (including phenoxy) is 4. The number of nitrogen functional groups attached to an aromatic ring is 1. The van der Waals surface area contributed by atoms with E-state index in [0.717, 1.165) is 5.56 Å². The van der Waals surface area contributed by atoms with Crippen LogP contribution in [0.5, 0.6) is 5.88 Å². The van der Waals surface area contributed by atoms with Crippen molar-refractivity contribution in [2.45, 2.75) is 50.4 Å². The van der Waals surface area contributed by atoms with Crippen LogP contribution in [0.15, 0.2) is 36.7 Å². The van der Waals surface area contributed by atoms with Gasteiger partial charge in [-0.3, -0.25) is 18.1 Å². The van der Waals surface area contributed by atoms with Crippen molar-refractivity contribution < 1.29 is 41.9 Å². The number of nitrogens with two attached hydrogens (primary N) is 1. The molecule has 3 aliphatic rings. The molecule has 2 N–H and O–H groups in total. The minimum absolute atomic E-state index is 0.0281. The molecule has 0 aliphatic carbocycles. The maximum atomic E-state index is 13.3. The topological polar surface area (TPSA) is 168 Å². The van der Waals surface area contributed by atoms with Crippen molar-refractivity contribution in [2.24, 2.45) is 0 Å². The fraction of sp³-hybridized carbons (Fsp3) is 0.478. The van der Waals surface area contributed by atoms with Gasteiger partial charge in [-0.2, -0.15) is 9.97 Å². The van der Waals surface area contributed by atoms with Gasteiger partial charge in [0, 0.05) is 6.42 Å². The quantitative estimate of drug-likeness (QED) is 0.338. The highest BCUT2D eigenvalue weighted by atomic mass is 31.2. The molecule has 0 bridgehead atoms. The molecule has 3 aliphatic heterocycles. The first kappa shape index (κ1) is 25.0. The van der Waals surface area contributed by atoms with E-state index in [0.29, 0.717) is 24.2 Å². The van der Waals surface area contributed by atoms with Crippen molar-refractivity contribution in [1.29, 1.82) is 0 Å². The monoisotopic (exact) mass is 547 g/mol. The minimum Gasteiger partial charge on any atom is -0.476 e. The lowest BCUT2D eigenvalue weighted by atomic mass is 9.96. The zero-order valence-corrected chi connectivity index (χ0v) is 21.5. The number of anilines is 1. The number of imidazole rings is 1. The van der Waals surface area contributed by atoms with E-state index in [1.54, 1.807) is 18.4 Å². The van der Waals surface area contributed by atoms with E-state index in [9.17, 15) is 9.36 Å². The molecule has 15 heteroatoms. The number of rotatable bonds is 7. The zero-order chi connectivity index (χ0) is 26.5. The maximum Gasteiger partial charge on any atom is 0.509 e. The van der Waals surface area contributed by atoms with Crippen molar-refractivity contribution in [1.82, 2.24) is 19.5 Å². The Morgan fingerprint density at radius 2 is 2.08 bits per heavy atom. The molecule has 202 valence electrons. The maximum absolute atomic E-state index is 13.3. The summed E-state index contributed by atoms with van der Waals surface area (Å²) < 4.78 is 54.5. The van der Waals surface area contributed by atoms with Gasteiger partial charge in [0.1, 0.15) is 6.10 Å². The first-order valence-electron chi connectivity index (χ1n) is 12.1. The van der Waals surface area contributed by atoms with Gasteiger partial charge in [-0.25, -0.2) is 14.3 Å². The SMILES string of the molecule is CCOc1nc(N)nc2c1ncn2[C@@H]1O[C@H](CO[P@@]2(=O)OCC[C@@H](c3ccccc3)O2)[C@H]2OC(=O)O[C@]21C. The summed E-state index contributed by atoms with van der Waals surface area (Å²) in [5, 5.41) is 0. The van der Waals surface area contributed by atoms with E-state index in [2.05, 4.69) is 15.0 Å². The Kier molecular flexibility index (Phi) is 6.23. The standard InChI is InChI=1S/C23H26N5O9P/c1-3-31-19-16-18(26-21(24)27-19)28(12-25-16)20-23(2)17(35-22(29)36-23)15(34-20)11-33-38(30)32-10-9-14(37-38)13-7-5-4-6-8-13/h4-8,12,14-15,17,20H,3,9-11H2,1-2H3,(H2,24,26,27)/t14-,15+,17+,20+,23+,38+/m0/s1. The first-order chi connectivity index (χ1) is 18.3. The number of phosphoric acid groups is 1. The Bertz CT molecular complexity index is 1400. The summed E-state index contributed by atoms with van der Waals surface area (Å²) in [4.78, 5) is 25.0. The fourth-order valence-electron chi connectivity index (χ4n) is 4.91. The summed E-state index contributed by atoms with van der Waals surface area (Å²) in [6, 6.07) is 9.40. The van der Waals surface area contributed by atoms with Crippen LogP contribution >= 0.6 is 7.82 Å². The molecule has 0 amide bonds. The molecule has 1 aromatic carbocycles. The van der Waals surface area contributed by atoms with Crippen LogP contribution in [0.4, 0.5) is 10.7 Å². The van der Waals surface area contributed by atoms with Gasteiger partial charge in [0.15, 0.2) is 29.1 Å². The summed E-state index contributed by atoms with van der Waals surface area (Å²) in [6.07, 6.45) is -2.05. The molecule has 3 saturated heterocycles. The van der Waals surface area contributed by atoms with Crippen LogP contribution in [-0.4, -0.2) is 63.3 Å². The molecule has 3 fully saturated rings. The average Bonchev–Trinajstić information content (AvgIpc) is 3.52. The molecule has 2 aromatic heterocycles. The molecule has 6 rings (SSSR count). The van der Waals surface area contributed by atoms with Crippen LogP contribution in [0.2, 0.25) is 0 Å². The van der Waals surface area contributed by atoms with E-state index in [1.165, 1.54) is 6.33 Å². The Balaban J connectivity index is 1.25. The number of carbonyl (C=O) groups is 1. The van der Waals surface area contributed by atoms with Gasteiger partial charge in [-0.15, -0.1) is 0 Å². The Hall–Kier alpha value is -3.29. The van der Waals surface area contributed by atoms with Crippen LogP contribution < -0.4 is 10.5 Å². The molecule has 38 heavy (non-hydrogen) atoms. The van der Waals surface area contributed by atoms with Gasteiger partial charge in [0.05, 0.1) is 32.3 Å². The highest BCUT2D eigenvalue weighted by Gasteiger charge is 2.64. The molecule has 0 spiro atoms. The number of fused-ring (bicyclic) bond motifs is 2. The van der Waals surface area contributed by atoms with Crippen LogP contribution in [0.3, 0.4) is 0 Å². The number of hydrogen-bond acceptors (Lipinski definition) is 13. The molecule has 0 saturated carbocycles. The van der Waals surface area contributed by atoms with E-state index in [1.807, 2.05) is 30.3 Å². The normalized spacial score (nSPS) is 32.6. The lowest BCUT2D eigenvalue weighted by molar-refractivity contribution is -0.0925. The molecule has 3 aromatic rings. The first-order valence-corrected chi connectivity index (χ1v) is 13.6. The largest absolute Gasteiger partial charge is 0.509 e. The average molecular weight is 547 g/mol. The third-order valence-electron chi connectivity index (χ3n) is 6.62. The van der Waals surface area contributed by atoms with Crippen LogP contribution in [0.25, 0.3) is 11.2 Å². The van der Waals surface area contributed by atoms with Crippen LogP contribution in [0, 0.1) is 0 Å². The molecule has 0 radical (unpaired) electrons. The number of carbonyl (C=O) groups excluding carboxylic acids is 1. The highest BCUT2D eigenvalue weighted by Crippen LogP contribution is 2.58. The predicted molar refractivity (Wildman–Crippen MR) is 129 cm³/mol. The second-order valence-electron chi connectivity index (χ2n) is 9.11. The van der Waals surface area contributed by atoms with Crippen molar-refractivity contribution in [3.8, 4) is 5.88 Å². The highest BCUT2D eigenvalue weighted by molar-refractivity contribution is 7.48. The summed E-state index contributed by atoms with van der Waals surface area (Å²) in [5.41, 5.74) is 6.14. The van der Waals surface area contributed by atoms with Crippen molar-refractivity contribution in [3.63, 3.8) is 0 Å². The number of benzene rings is 1. The summed E-state index contributed by atoms with van der Waals surface area (Å²) >= 11 is 0. The van der Waals surface area contributed by atoms with Crippen molar-refractivity contribution >= 4 is 31.1 Å². The molecular formula is C23H26N5O9P. The summed E-state index contributed by atoms with van der Waals surface area (Å²) in [7, 11) is -3.94. The molecule has 5 heterocycles. The van der Waals surface area contributed by atoms with E-state index in [4.69, 9.17) is 38.3 Å². The van der Waals surface area contributed by atoms with E-state index in [-0.39, 0.29) is 25.0 Å². The molecule has 6 atom stereocenters. The Morgan fingerprint density at radius 3 is 2.87 bits per heavy atom. The second-order valence-corrected chi connectivity index (χ2v) is 10.7. The Labute approximate surface area is 216 Å². The van der Waals surface area contributed by atoms with Crippen LogP contribution in [0.1, 0.15) is 38.2 Å². The zero-order valence-electron chi connectivity index (χ0n) is 20.6. The minimum atomic E-state index is -3.94. The van der Waals surface area contributed by atoms with Gasteiger partial charge < -0.3 is 24.7 Å². The van der Waals surface area contributed by atoms with Gasteiger partial charge in [0.25, 0.3) is 0 Å². The lowest BCUT2D eigenvalue weighted by Gasteiger charge is -2.29. The predicted octanol–water partition coefficient (Wildman–Crippen LogP) is 3.30. The molecule has 0 unspecified atom stereocenters. The van der Waals surface area contributed by atoms with Gasteiger partial charge in [0.2, 0.25) is 11.8 Å². The number of hydrogen-bond donors (Lipinski definition) is 1. The molecular weight excluding hydrogens is 521 g/mol. The van der Waals surface area contributed by atoms with Gasteiger partial charge in [-0.05, 0) is 19.4 Å². The number of aromatic nitrogens is 4. The molecule has 14 nitrogen and oxygen atoms in total. The van der Waals surface area contributed by atoms with Crippen molar-refractivity contribution in [2.75, 3.05) is 25.6 Å². The smallest absolute Gasteiger partial charge is 0.476 e. The third-order valence-corrected chi connectivity index (χ3v) is 8.09. The van der Waals surface area contributed by atoms with Crippen molar-refractivity contribution in [3.05, 3.63) is 42.2 Å². The van der Waals surface area contributed by atoms with Crippen LogP contribution in [-0.2, 0) is 32.3 Å². The number of nitrogens with zero attached hydrogens (tertiary/aromatic N) is 4. The lowest BCUT2D eigenvalue weighted by Crippen LogP contribution is -2.42. The summed E-state index contributed by atoms with van der Waals surface area (Å²) in [5.74, 6) is 0.185. The summed E-state index contributed by atoms with van der Waals surface area (Å²) in [6.45, 7) is 3.74. The van der Waals surface area contributed by atoms with Gasteiger partial charge >= 0.3 is 14.0 Å². The second kappa shape index (κ2) is 9.47. The Morgan fingerprint density at radius 1 is 1.26 bits per heavy atom. The number of phosphoric ester groups is 1. The van der Waals surface area contributed by atoms with E-state index >= 15 is 0 Å². The van der Waals surface area contributed by atoms with Gasteiger partial charge in [-0.1, -0.05) is 30.3 Å². The third kappa shape index (κ3) is 4.28.